The molecule has 0 fully saturated rings. The second kappa shape index (κ2) is 5.45. The van der Waals surface area contributed by atoms with E-state index in [9.17, 15) is 5.11 Å². The Morgan fingerprint density at radius 3 is 2.09 bits per heavy atom. The number of para-hydroxylation sites is 2. The molecule has 0 saturated carbocycles. The Kier molecular flexibility index (Phi) is 3.28. The molecule has 3 aromatic carbocycles. The van der Waals surface area contributed by atoms with Crippen molar-refractivity contribution in [1.29, 1.82) is 0 Å². The first-order valence-electron chi connectivity index (χ1n) is 7.25. The van der Waals surface area contributed by atoms with Gasteiger partial charge in [0.05, 0.1) is 22.4 Å². The molecular weight excluding hydrogens is 308 g/mol. The first-order valence-corrected chi connectivity index (χ1v) is 7.63. The lowest BCUT2D eigenvalue weighted by Gasteiger charge is -2.14. The van der Waals surface area contributed by atoms with Crippen LogP contribution in [0.3, 0.4) is 0 Å². The van der Waals surface area contributed by atoms with Crippen LogP contribution >= 0.6 is 11.6 Å². The largest absolute Gasteiger partial charge is 0.506 e. The van der Waals surface area contributed by atoms with Gasteiger partial charge in [-0.1, -0.05) is 48.0 Å². The maximum Gasteiger partial charge on any atom is 0.139 e. The van der Waals surface area contributed by atoms with E-state index in [0.29, 0.717) is 10.7 Å². The topological polar surface area (TPSA) is 45.1 Å². The van der Waals surface area contributed by atoms with Gasteiger partial charge < -0.3 is 10.4 Å². The van der Waals surface area contributed by atoms with E-state index in [1.54, 1.807) is 18.2 Å². The third-order valence-corrected chi connectivity index (χ3v) is 4.04. The molecule has 1 aromatic heterocycles. The fourth-order valence-corrected chi connectivity index (χ4v) is 2.89. The van der Waals surface area contributed by atoms with Gasteiger partial charge in [-0.05, 0) is 30.3 Å². The second-order valence-electron chi connectivity index (χ2n) is 5.31. The van der Waals surface area contributed by atoms with Gasteiger partial charge in [-0.2, -0.15) is 0 Å². The molecule has 3 nitrogen and oxygen atoms in total. The number of pyridine rings is 1. The van der Waals surface area contributed by atoms with Crippen molar-refractivity contribution in [2.45, 2.75) is 0 Å². The van der Waals surface area contributed by atoms with Crippen LogP contribution in [0.5, 0.6) is 5.75 Å². The molecule has 23 heavy (non-hydrogen) atoms. The first-order chi connectivity index (χ1) is 11.2. The van der Waals surface area contributed by atoms with Gasteiger partial charge >= 0.3 is 0 Å². The Morgan fingerprint density at radius 1 is 0.826 bits per heavy atom. The van der Waals surface area contributed by atoms with Gasteiger partial charge in [0.25, 0.3) is 0 Å². The number of hydrogen-bond acceptors (Lipinski definition) is 3. The Morgan fingerprint density at radius 2 is 1.43 bits per heavy atom. The molecule has 112 valence electrons. The molecule has 4 aromatic rings. The number of rotatable bonds is 2. The van der Waals surface area contributed by atoms with Gasteiger partial charge in [0, 0.05) is 15.8 Å². The minimum atomic E-state index is 0.152. The van der Waals surface area contributed by atoms with Crippen molar-refractivity contribution in [2.75, 3.05) is 5.32 Å². The van der Waals surface area contributed by atoms with Crippen LogP contribution in [0, 0.1) is 0 Å². The molecule has 0 saturated heterocycles. The molecule has 1 heterocycles. The Bertz CT molecular complexity index is 976. The van der Waals surface area contributed by atoms with Gasteiger partial charge in [-0.15, -0.1) is 0 Å². The number of hydrogen-bond donors (Lipinski definition) is 2. The summed E-state index contributed by atoms with van der Waals surface area (Å²) in [6.07, 6.45) is 0. The van der Waals surface area contributed by atoms with E-state index in [-0.39, 0.29) is 5.75 Å². The van der Waals surface area contributed by atoms with Crippen molar-refractivity contribution in [2.24, 2.45) is 0 Å². The van der Waals surface area contributed by atoms with Gasteiger partial charge in [-0.25, -0.2) is 4.98 Å². The van der Waals surface area contributed by atoms with Crippen LogP contribution in [-0.4, -0.2) is 10.1 Å². The standard InChI is InChI=1S/C19H13ClN2O/c20-12-9-10-18(23)17(11-12)22-19-13-5-1-3-7-15(13)21-16-8-4-2-6-14(16)19/h1-11,23H,(H,21,22). The number of nitrogens with zero attached hydrogens (tertiary/aromatic N) is 1. The molecule has 0 aliphatic carbocycles. The molecule has 0 aliphatic heterocycles. The van der Waals surface area contributed by atoms with Gasteiger partial charge in [0.15, 0.2) is 0 Å². The fourth-order valence-electron chi connectivity index (χ4n) is 2.72. The third-order valence-electron chi connectivity index (χ3n) is 3.81. The summed E-state index contributed by atoms with van der Waals surface area (Å²) in [5.41, 5.74) is 3.27. The number of aromatic hydroxyl groups is 1. The summed E-state index contributed by atoms with van der Waals surface area (Å²) in [7, 11) is 0. The van der Waals surface area contributed by atoms with E-state index < -0.39 is 0 Å². The Hall–Kier alpha value is -2.78. The molecule has 0 unspecified atom stereocenters. The summed E-state index contributed by atoms with van der Waals surface area (Å²) in [6, 6.07) is 20.8. The monoisotopic (exact) mass is 320 g/mol. The van der Waals surface area contributed by atoms with Crippen LogP contribution in [-0.2, 0) is 0 Å². The first kappa shape index (κ1) is 13.9. The van der Waals surface area contributed by atoms with Crippen molar-refractivity contribution in [3.05, 3.63) is 71.8 Å². The van der Waals surface area contributed by atoms with Crippen LogP contribution < -0.4 is 5.32 Å². The number of anilines is 2. The molecular formula is C19H13ClN2O. The Labute approximate surface area is 138 Å². The highest BCUT2D eigenvalue weighted by Crippen LogP contribution is 2.36. The van der Waals surface area contributed by atoms with Gasteiger partial charge in [-0.3, -0.25) is 0 Å². The van der Waals surface area contributed by atoms with Crippen molar-refractivity contribution < 1.29 is 5.11 Å². The van der Waals surface area contributed by atoms with E-state index in [0.717, 1.165) is 27.5 Å². The van der Waals surface area contributed by atoms with Crippen LogP contribution in [0.15, 0.2) is 66.7 Å². The highest BCUT2D eigenvalue weighted by molar-refractivity contribution is 6.31. The number of fused-ring (bicyclic) bond motifs is 2. The van der Waals surface area contributed by atoms with E-state index in [4.69, 9.17) is 16.6 Å². The number of phenolic OH excluding ortho intramolecular Hbond substituents is 1. The predicted octanol–water partition coefficient (Wildman–Crippen LogP) is 5.49. The number of nitrogens with one attached hydrogen (secondary N) is 1. The quantitative estimate of drug-likeness (QED) is 0.379. The van der Waals surface area contributed by atoms with Crippen molar-refractivity contribution in [3.63, 3.8) is 0 Å². The van der Waals surface area contributed by atoms with Crippen LogP contribution in [0.2, 0.25) is 5.02 Å². The van der Waals surface area contributed by atoms with E-state index in [1.807, 2.05) is 48.5 Å². The summed E-state index contributed by atoms with van der Waals surface area (Å²) < 4.78 is 0. The normalized spacial score (nSPS) is 11.0. The highest BCUT2D eigenvalue weighted by atomic mass is 35.5. The van der Waals surface area contributed by atoms with Crippen LogP contribution in [0.1, 0.15) is 0 Å². The summed E-state index contributed by atoms with van der Waals surface area (Å²) in [6.45, 7) is 0. The van der Waals surface area contributed by atoms with Crippen molar-refractivity contribution in [1.82, 2.24) is 4.98 Å². The number of halogens is 1. The minimum absolute atomic E-state index is 0.152. The molecule has 0 bridgehead atoms. The van der Waals surface area contributed by atoms with Gasteiger partial charge in [0.2, 0.25) is 0 Å². The molecule has 2 N–H and O–H groups in total. The van der Waals surface area contributed by atoms with Gasteiger partial charge in [0.1, 0.15) is 5.75 Å². The SMILES string of the molecule is Oc1ccc(Cl)cc1Nc1c2ccccc2nc2ccccc12. The predicted molar refractivity (Wildman–Crippen MR) is 95.6 cm³/mol. The number of phenols is 1. The minimum Gasteiger partial charge on any atom is -0.506 e. The lowest BCUT2D eigenvalue weighted by atomic mass is 10.1. The van der Waals surface area contributed by atoms with E-state index in [1.165, 1.54) is 0 Å². The number of benzene rings is 3. The molecule has 0 spiro atoms. The summed E-state index contributed by atoms with van der Waals surface area (Å²) in [4.78, 5) is 4.69. The Balaban J connectivity index is 2.01. The summed E-state index contributed by atoms with van der Waals surface area (Å²) in [5.74, 6) is 0.152. The second-order valence-corrected chi connectivity index (χ2v) is 5.74. The average molecular weight is 321 g/mol. The van der Waals surface area contributed by atoms with Crippen molar-refractivity contribution >= 4 is 44.8 Å². The zero-order valence-electron chi connectivity index (χ0n) is 12.1. The van der Waals surface area contributed by atoms with Crippen LogP contribution in [0.25, 0.3) is 21.8 Å². The lowest BCUT2D eigenvalue weighted by Crippen LogP contribution is -1.95. The summed E-state index contributed by atoms with van der Waals surface area (Å²) in [5, 5.41) is 16.0. The maximum absolute atomic E-state index is 10.1. The average Bonchev–Trinajstić information content (AvgIpc) is 2.58. The smallest absolute Gasteiger partial charge is 0.139 e. The maximum atomic E-state index is 10.1. The summed E-state index contributed by atoms with van der Waals surface area (Å²) >= 11 is 6.06. The molecule has 0 amide bonds. The van der Waals surface area contributed by atoms with E-state index >= 15 is 0 Å². The molecule has 4 heteroatoms. The van der Waals surface area contributed by atoms with Crippen molar-refractivity contribution in [3.8, 4) is 5.75 Å². The van der Waals surface area contributed by atoms with Crippen LogP contribution in [0.4, 0.5) is 11.4 Å². The lowest BCUT2D eigenvalue weighted by molar-refractivity contribution is 0.478. The zero-order valence-corrected chi connectivity index (χ0v) is 12.9. The molecule has 0 aliphatic rings. The fraction of sp³-hybridized carbons (Fsp3) is 0. The third kappa shape index (κ3) is 2.45. The molecule has 0 radical (unpaired) electrons. The highest BCUT2D eigenvalue weighted by Gasteiger charge is 2.11. The van der Waals surface area contributed by atoms with E-state index in [2.05, 4.69) is 5.32 Å². The molecule has 4 rings (SSSR count). The zero-order chi connectivity index (χ0) is 15.8. The number of aromatic nitrogens is 1. The molecule has 0 atom stereocenters.